The molecule has 0 saturated carbocycles. The lowest BCUT2D eigenvalue weighted by Crippen LogP contribution is -2.45. The van der Waals surface area contributed by atoms with Gasteiger partial charge in [-0.3, -0.25) is 4.79 Å². The quantitative estimate of drug-likeness (QED) is 0.852. The molecule has 1 amide bonds. The van der Waals surface area contributed by atoms with Gasteiger partial charge < -0.3 is 14.8 Å². The molecule has 0 atom stereocenters. The molecule has 1 aliphatic rings. The van der Waals surface area contributed by atoms with Gasteiger partial charge in [0.15, 0.2) is 11.5 Å². The zero-order chi connectivity index (χ0) is 13.2. The Kier molecular flexibility index (Phi) is 3.66. The smallest absolute Gasteiger partial charge is 0.235 e. The fourth-order valence-electron chi connectivity index (χ4n) is 2.02. The number of carbonyl (C=O) groups excluding carboxylic acids is 1. The van der Waals surface area contributed by atoms with E-state index in [0.717, 1.165) is 17.1 Å². The van der Waals surface area contributed by atoms with E-state index in [9.17, 15) is 4.79 Å². The van der Waals surface area contributed by atoms with Gasteiger partial charge in [0.2, 0.25) is 12.7 Å². The third-order valence-electron chi connectivity index (χ3n) is 2.68. The summed E-state index contributed by atoms with van der Waals surface area (Å²) in [5, 5.41) is 2.88. The van der Waals surface area contributed by atoms with E-state index in [4.69, 9.17) is 21.1 Å². The van der Waals surface area contributed by atoms with Crippen LogP contribution in [-0.2, 0) is 11.2 Å². The van der Waals surface area contributed by atoms with Crippen molar-refractivity contribution in [3.8, 4) is 11.5 Å². The third kappa shape index (κ3) is 3.07. The summed E-state index contributed by atoms with van der Waals surface area (Å²) in [7, 11) is 0. The number of halogens is 1. The van der Waals surface area contributed by atoms with Crippen LogP contribution in [0.3, 0.4) is 0 Å². The largest absolute Gasteiger partial charge is 0.454 e. The van der Waals surface area contributed by atoms with Gasteiger partial charge in [-0.1, -0.05) is 6.07 Å². The van der Waals surface area contributed by atoms with Gasteiger partial charge >= 0.3 is 0 Å². The molecule has 0 aliphatic carbocycles. The van der Waals surface area contributed by atoms with E-state index in [-0.39, 0.29) is 24.1 Å². The van der Waals surface area contributed by atoms with Crippen molar-refractivity contribution in [1.82, 2.24) is 5.32 Å². The molecule has 1 aliphatic heterocycles. The van der Waals surface area contributed by atoms with E-state index in [2.05, 4.69) is 5.32 Å². The number of hydrogen-bond donors (Lipinski definition) is 1. The van der Waals surface area contributed by atoms with E-state index in [1.807, 2.05) is 32.0 Å². The lowest BCUT2D eigenvalue weighted by Gasteiger charge is -2.26. The van der Waals surface area contributed by atoms with Gasteiger partial charge in [-0.05, 0) is 38.0 Å². The molecule has 18 heavy (non-hydrogen) atoms. The first kappa shape index (κ1) is 13.0. The Morgan fingerprint density at radius 1 is 1.39 bits per heavy atom. The minimum atomic E-state index is -0.348. The number of fused-ring (bicyclic) bond motifs is 1. The van der Waals surface area contributed by atoms with Crippen LogP contribution in [0.4, 0.5) is 0 Å². The molecule has 0 bridgehead atoms. The second-order valence-electron chi connectivity index (χ2n) is 4.93. The molecular formula is C13H16ClNO3. The highest BCUT2D eigenvalue weighted by Crippen LogP contribution is 2.33. The molecule has 98 valence electrons. The summed E-state index contributed by atoms with van der Waals surface area (Å²) in [6.45, 7) is 4.19. The predicted octanol–water partition coefficient (Wildman–Crippen LogP) is 2.09. The van der Waals surface area contributed by atoms with Gasteiger partial charge in [0.25, 0.3) is 0 Å². The van der Waals surface area contributed by atoms with Crippen LogP contribution in [0, 0.1) is 0 Å². The number of alkyl halides is 1. The van der Waals surface area contributed by atoms with Crippen LogP contribution in [0.2, 0.25) is 0 Å². The Labute approximate surface area is 111 Å². The summed E-state index contributed by atoms with van der Waals surface area (Å²) in [6.07, 6.45) is 0.701. The molecular weight excluding hydrogens is 254 g/mol. The second kappa shape index (κ2) is 5.06. The highest BCUT2D eigenvalue weighted by atomic mass is 35.5. The maximum atomic E-state index is 11.3. The van der Waals surface area contributed by atoms with Crippen molar-refractivity contribution in [3.63, 3.8) is 0 Å². The summed E-state index contributed by atoms with van der Waals surface area (Å²) in [5.41, 5.74) is 0.735. The second-order valence-corrected chi connectivity index (χ2v) is 5.20. The Morgan fingerprint density at radius 3 is 2.83 bits per heavy atom. The summed E-state index contributed by atoms with van der Waals surface area (Å²) in [6, 6.07) is 5.80. The van der Waals surface area contributed by atoms with Gasteiger partial charge in [0, 0.05) is 5.54 Å². The van der Waals surface area contributed by atoms with Crippen LogP contribution in [-0.4, -0.2) is 24.1 Å². The highest BCUT2D eigenvalue weighted by molar-refractivity contribution is 6.27. The van der Waals surface area contributed by atoms with Gasteiger partial charge in [-0.25, -0.2) is 0 Å². The topological polar surface area (TPSA) is 47.6 Å². The number of amides is 1. The minimum Gasteiger partial charge on any atom is -0.454 e. The molecule has 0 spiro atoms. The molecule has 5 heteroatoms. The number of ether oxygens (including phenoxy) is 2. The maximum Gasteiger partial charge on any atom is 0.235 e. The van der Waals surface area contributed by atoms with Crippen molar-refractivity contribution in [2.45, 2.75) is 25.8 Å². The van der Waals surface area contributed by atoms with Crippen molar-refractivity contribution >= 4 is 17.5 Å². The molecule has 0 unspecified atom stereocenters. The minimum absolute atomic E-state index is 0.0232. The van der Waals surface area contributed by atoms with Crippen molar-refractivity contribution in [1.29, 1.82) is 0 Å². The molecule has 0 saturated heterocycles. The standard InChI is InChI=1S/C13H16ClNO3/c1-13(2,15-12(16)7-14)6-9-3-4-10-11(5-9)18-8-17-10/h3-5H,6-8H2,1-2H3,(H,15,16). The fourth-order valence-corrected chi connectivity index (χ4v) is 2.08. The van der Waals surface area contributed by atoms with E-state index in [1.54, 1.807) is 0 Å². The van der Waals surface area contributed by atoms with Gasteiger partial charge in [0.05, 0.1) is 0 Å². The molecule has 4 nitrogen and oxygen atoms in total. The average Bonchev–Trinajstić information content (AvgIpc) is 2.74. The first-order valence-corrected chi connectivity index (χ1v) is 6.29. The van der Waals surface area contributed by atoms with Crippen molar-refractivity contribution in [2.24, 2.45) is 0 Å². The van der Waals surface area contributed by atoms with Gasteiger partial charge in [0.1, 0.15) is 5.88 Å². The molecule has 1 aromatic carbocycles. The van der Waals surface area contributed by atoms with Crippen LogP contribution in [0.5, 0.6) is 11.5 Å². The fraction of sp³-hybridized carbons (Fsp3) is 0.462. The lowest BCUT2D eigenvalue weighted by atomic mass is 9.94. The molecule has 0 aromatic heterocycles. The Bertz CT molecular complexity index is 460. The summed E-state index contributed by atoms with van der Waals surface area (Å²) < 4.78 is 10.6. The Balaban J connectivity index is 2.06. The van der Waals surface area contributed by atoms with E-state index in [0.29, 0.717) is 6.42 Å². The van der Waals surface area contributed by atoms with Crippen molar-refractivity contribution in [3.05, 3.63) is 23.8 Å². The SMILES string of the molecule is CC(C)(Cc1ccc2c(c1)OCO2)NC(=O)CCl. The number of carbonyl (C=O) groups is 1. The summed E-state index contributed by atoms with van der Waals surface area (Å²) in [4.78, 5) is 11.3. The Hall–Kier alpha value is -1.42. The normalized spacial score (nSPS) is 13.5. The number of nitrogens with one attached hydrogen (secondary N) is 1. The van der Waals surface area contributed by atoms with Crippen LogP contribution < -0.4 is 14.8 Å². The van der Waals surface area contributed by atoms with Crippen LogP contribution in [0.25, 0.3) is 0 Å². The Morgan fingerprint density at radius 2 is 2.11 bits per heavy atom. The van der Waals surface area contributed by atoms with Crippen LogP contribution in [0.1, 0.15) is 19.4 Å². The number of rotatable bonds is 4. The number of benzene rings is 1. The average molecular weight is 270 g/mol. The van der Waals surface area contributed by atoms with E-state index in [1.165, 1.54) is 0 Å². The van der Waals surface area contributed by atoms with E-state index < -0.39 is 0 Å². The molecule has 2 rings (SSSR count). The third-order valence-corrected chi connectivity index (χ3v) is 2.92. The van der Waals surface area contributed by atoms with Gasteiger partial charge in [-0.2, -0.15) is 0 Å². The predicted molar refractivity (Wildman–Crippen MR) is 69.2 cm³/mol. The number of hydrogen-bond acceptors (Lipinski definition) is 3. The van der Waals surface area contributed by atoms with Gasteiger partial charge in [-0.15, -0.1) is 11.6 Å². The van der Waals surface area contributed by atoms with Crippen molar-refractivity contribution in [2.75, 3.05) is 12.7 Å². The highest BCUT2D eigenvalue weighted by Gasteiger charge is 2.22. The maximum absolute atomic E-state index is 11.3. The molecule has 1 aromatic rings. The molecule has 0 radical (unpaired) electrons. The van der Waals surface area contributed by atoms with Crippen LogP contribution in [0.15, 0.2) is 18.2 Å². The summed E-state index contributed by atoms with van der Waals surface area (Å²) in [5.74, 6) is 1.33. The first-order valence-electron chi connectivity index (χ1n) is 5.76. The molecule has 1 heterocycles. The molecule has 0 fully saturated rings. The lowest BCUT2D eigenvalue weighted by molar-refractivity contribution is -0.120. The van der Waals surface area contributed by atoms with Crippen LogP contribution >= 0.6 is 11.6 Å². The summed E-state index contributed by atoms with van der Waals surface area (Å²) >= 11 is 5.49. The zero-order valence-electron chi connectivity index (χ0n) is 10.5. The van der Waals surface area contributed by atoms with E-state index >= 15 is 0 Å². The monoisotopic (exact) mass is 269 g/mol. The first-order chi connectivity index (χ1) is 8.50. The van der Waals surface area contributed by atoms with Crippen molar-refractivity contribution < 1.29 is 14.3 Å². The molecule has 1 N–H and O–H groups in total. The zero-order valence-corrected chi connectivity index (χ0v) is 11.2.